The summed E-state index contributed by atoms with van der Waals surface area (Å²) in [4.78, 5) is 27.0. The van der Waals surface area contributed by atoms with Gasteiger partial charge in [-0.25, -0.2) is 4.98 Å². The van der Waals surface area contributed by atoms with Crippen molar-refractivity contribution in [3.8, 4) is 5.75 Å². The number of imidazole rings is 1. The van der Waals surface area contributed by atoms with Crippen molar-refractivity contribution in [2.24, 2.45) is 0 Å². The lowest BCUT2D eigenvalue weighted by atomic mass is 9.96. The number of rotatable bonds is 4. The second-order valence-electron chi connectivity index (χ2n) is 7.53. The van der Waals surface area contributed by atoms with Gasteiger partial charge in [0.05, 0.1) is 16.1 Å². The average Bonchev–Trinajstić information content (AvgIpc) is 3.23. The van der Waals surface area contributed by atoms with E-state index in [1.807, 2.05) is 41.3 Å². The number of benzene rings is 2. The molecule has 1 fully saturated rings. The van der Waals surface area contributed by atoms with Crippen molar-refractivity contribution in [2.45, 2.75) is 18.8 Å². The molecule has 1 aliphatic heterocycles. The van der Waals surface area contributed by atoms with Crippen LogP contribution in [0.5, 0.6) is 5.75 Å². The van der Waals surface area contributed by atoms with Crippen LogP contribution in [0.15, 0.2) is 54.7 Å². The normalized spacial score (nSPS) is 15.0. The van der Waals surface area contributed by atoms with E-state index >= 15 is 0 Å². The van der Waals surface area contributed by atoms with Gasteiger partial charge in [0.1, 0.15) is 17.1 Å². The van der Waals surface area contributed by atoms with Crippen molar-refractivity contribution in [3.05, 3.63) is 65.6 Å². The predicted molar refractivity (Wildman–Crippen MR) is 117 cm³/mol. The maximum absolute atomic E-state index is 12.7. The number of likely N-dealkylation sites (tertiary alicyclic amines) is 1. The summed E-state index contributed by atoms with van der Waals surface area (Å²) in [6, 6.07) is 15.3. The molecule has 30 heavy (non-hydrogen) atoms. The number of halogens is 1. The quantitative estimate of drug-likeness (QED) is 0.525. The van der Waals surface area contributed by atoms with Crippen LogP contribution in [0.1, 0.15) is 24.6 Å². The summed E-state index contributed by atoms with van der Waals surface area (Å²) in [5.41, 5.74) is 2.72. The number of piperidine rings is 1. The van der Waals surface area contributed by atoms with Gasteiger partial charge in [0, 0.05) is 30.6 Å². The molecule has 0 radical (unpaired) electrons. The van der Waals surface area contributed by atoms with E-state index < -0.39 is 0 Å². The molecule has 2 aromatic heterocycles. The highest BCUT2D eigenvalue weighted by Crippen LogP contribution is 2.30. The lowest BCUT2D eigenvalue weighted by molar-refractivity contribution is -0.134. The fourth-order valence-corrected chi connectivity index (χ4v) is 4.24. The minimum absolute atomic E-state index is 0.0113. The minimum Gasteiger partial charge on any atom is -0.481 e. The van der Waals surface area contributed by atoms with Crippen molar-refractivity contribution in [2.75, 3.05) is 19.7 Å². The molecule has 0 atom stereocenters. The van der Waals surface area contributed by atoms with Crippen LogP contribution in [0.2, 0.25) is 5.02 Å². The summed E-state index contributed by atoms with van der Waals surface area (Å²) in [6.07, 6.45) is 3.46. The molecule has 1 aliphatic rings. The van der Waals surface area contributed by atoms with Crippen molar-refractivity contribution in [1.82, 2.24) is 19.9 Å². The molecule has 7 heteroatoms. The van der Waals surface area contributed by atoms with Gasteiger partial charge in [0.2, 0.25) is 0 Å². The fourth-order valence-electron chi connectivity index (χ4n) is 4.03. The Bertz CT molecular complexity index is 1180. The molecule has 152 valence electrons. The standard InChI is InChI=1S/C23H21ClN4O2/c24-17-7-8-20(22-16(17)4-3-11-25-22)30-14-21(29)28-12-9-15(10-13-28)23-26-18-5-1-2-6-19(18)27-23/h1-8,11,15H,9-10,12-14H2,(H,26,27). The van der Waals surface area contributed by atoms with E-state index in [2.05, 4.69) is 9.97 Å². The van der Waals surface area contributed by atoms with E-state index in [1.54, 1.807) is 18.3 Å². The number of hydrogen-bond donors (Lipinski definition) is 1. The fraction of sp³-hybridized carbons (Fsp3) is 0.261. The Balaban J connectivity index is 1.21. The lowest BCUT2D eigenvalue weighted by Gasteiger charge is -2.31. The Morgan fingerprint density at radius 2 is 1.97 bits per heavy atom. The summed E-state index contributed by atoms with van der Waals surface area (Å²) in [5, 5.41) is 1.43. The van der Waals surface area contributed by atoms with Gasteiger partial charge in [0.25, 0.3) is 5.91 Å². The summed E-state index contributed by atoms with van der Waals surface area (Å²) in [5.74, 6) is 1.91. The summed E-state index contributed by atoms with van der Waals surface area (Å²) in [7, 11) is 0. The summed E-state index contributed by atoms with van der Waals surface area (Å²) >= 11 is 6.23. The van der Waals surface area contributed by atoms with Crippen LogP contribution >= 0.6 is 11.6 Å². The first-order chi connectivity index (χ1) is 14.7. The lowest BCUT2D eigenvalue weighted by Crippen LogP contribution is -2.40. The first-order valence-corrected chi connectivity index (χ1v) is 10.5. The molecule has 3 heterocycles. The highest BCUT2D eigenvalue weighted by Gasteiger charge is 2.26. The van der Waals surface area contributed by atoms with Crippen LogP contribution in [0.4, 0.5) is 0 Å². The number of fused-ring (bicyclic) bond motifs is 2. The Labute approximate surface area is 178 Å². The molecule has 1 N–H and O–H groups in total. The Morgan fingerprint density at radius 1 is 1.13 bits per heavy atom. The number of amides is 1. The molecule has 5 rings (SSSR count). The third-order valence-corrected chi connectivity index (χ3v) is 6.00. The number of aromatic amines is 1. The number of H-pyrrole nitrogens is 1. The SMILES string of the molecule is O=C(COc1ccc(Cl)c2cccnc12)N1CCC(c2nc3ccccc3[nH]2)CC1. The largest absolute Gasteiger partial charge is 0.481 e. The number of nitrogens with one attached hydrogen (secondary N) is 1. The predicted octanol–water partition coefficient (Wildman–Crippen LogP) is 4.55. The topological polar surface area (TPSA) is 71.1 Å². The third-order valence-electron chi connectivity index (χ3n) is 5.67. The van der Waals surface area contributed by atoms with Crippen LogP contribution in [0.3, 0.4) is 0 Å². The first-order valence-electron chi connectivity index (χ1n) is 10.1. The molecule has 1 amide bonds. The average molecular weight is 421 g/mol. The summed E-state index contributed by atoms with van der Waals surface area (Å²) in [6.45, 7) is 1.38. The van der Waals surface area contributed by atoms with Crippen LogP contribution in [-0.4, -0.2) is 45.5 Å². The van der Waals surface area contributed by atoms with Crippen molar-refractivity contribution in [1.29, 1.82) is 0 Å². The molecule has 4 aromatic rings. The van der Waals surface area contributed by atoms with Crippen LogP contribution in [-0.2, 0) is 4.79 Å². The maximum atomic E-state index is 12.7. The number of hydrogen-bond acceptors (Lipinski definition) is 4. The summed E-state index contributed by atoms with van der Waals surface area (Å²) < 4.78 is 5.81. The van der Waals surface area contributed by atoms with E-state index in [0.717, 1.165) is 35.1 Å². The highest BCUT2D eigenvalue weighted by molar-refractivity contribution is 6.35. The van der Waals surface area contributed by atoms with Gasteiger partial charge in [-0.3, -0.25) is 9.78 Å². The van der Waals surface area contributed by atoms with E-state index in [1.165, 1.54) is 0 Å². The number of aromatic nitrogens is 3. The van der Waals surface area contributed by atoms with Gasteiger partial charge < -0.3 is 14.6 Å². The zero-order valence-corrected chi connectivity index (χ0v) is 17.1. The zero-order valence-electron chi connectivity index (χ0n) is 16.3. The maximum Gasteiger partial charge on any atom is 0.260 e. The van der Waals surface area contributed by atoms with E-state index in [-0.39, 0.29) is 12.5 Å². The van der Waals surface area contributed by atoms with Crippen molar-refractivity contribution < 1.29 is 9.53 Å². The Hall–Kier alpha value is -3.12. The molecule has 2 aromatic carbocycles. The second-order valence-corrected chi connectivity index (χ2v) is 7.94. The van der Waals surface area contributed by atoms with Crippen LogP contribution in [0, 0.1) is 0 Å². The van der Waals surface area contributed by atoms with Gasteiger partial charge in [0.15, 0.2) is 6.61 Å². The van der Waals surface area contributed by atoms with Crippen molar-refractivity contribution >= 4 is 39.4 Å². The van der Waals surface area contributed by atoms with Crippen LogP contribution in [0.25, 0.3) is 21.9 Å². The number of carbonyl (C=O) groups excluding carboxylic acids is 1. The third kappa shape index (κ3) is 3.59. The number of pyridine rings is 1. The number of carbonyl (C=O) groups is 1. The van der Waals surface area contributed by atoms with Gasteiger partial charge in [-0.2, -0.15) is 0 Å². The molecule has 0 unspecified atom stereocenters. The Morgan fingerprint density at radius 3 is 2.80 bits per heavy atom. The number of nitrogens with zero attached hydrogens (tertiary/aromatic N) is 3. The smallest absolute Gasteiger partial charge is 0.260 e. The molecule has 0 saturated carbocycles. The number of ether oxygens (including phenoxy) is 1. The van der Waals surface area contributed by atoms with Crippen molar-refractivity contribution in [3.63, 3.8) is 0 Å². The van der Waals surface area contributed by atoms with Gasteiger partial charge >= 0.3 is 0 Å². The second kappa shape index (κ2) is 7.95. The number of para-hydroxylation sites is 2. The van der Waals surface area contributed by atoms with Crippen LogP contribution < -0.4 is 4.74 Å². The molecule has 6 nitrogen and oxygen atoms in total. The molecule has 1 saturated heterocycles. The highest BCUT2D eigenvalue weighted by atomic mass is 35.5. The van der Waals surface area contributed by atoms with E-state index in [4.69, 9.17) is 21.3 Å². The molecule has 0 spiro atoms. The minimum atomic E-state index is -0.0166. The van der Waals surface area contributed by atoms with Gasteiger partial charge in [-0.1, -0.05) is 23.7 Å². The van der Waals surface area contributed by atoms with E-state index in [9.17, 15) is 4.79 Å². The molecule has 0 aliphatic carbocycles. The monoisotopic (exact) mass is 420 g/mol. The zero-order chi connectivity index (χ0) is 20.5. The molecular weight excluding hydrogens is 400 g/mol. The Kier molecular flexibility index (Phi) is 5.01. The van der Waals surface area contributed by atoms with Gasteiger partial charge in [-0.05, 0) is 49.2 Å². The molecule has 0 bridgehead atoms. The van der Waals surface area contributed by atoms with Gasteiger partial charge in [-0.15, -0.1) is 0 Å². The van der Waals surface area contributed by atoms with E-state index in [0.29, 0.717) is 35.3 Å². The first kappa shape index (κ1) is 18.9. The molecular formula is C23H21ClN4O2.